The van der Waals surface area contributed by atoms with Crippen molar-refractivity contribution >= 4 is 55.2 Å². The second kappa shape index (κ2) is 7.24. The van der Waals surface area contributed by atoms with Gasteiger partial charge in [0.15, 0.2) is 5.13 Å². The topological polar surface area (TPSA) is 62.2 Å². The highest BCUT2D eigenvalue weighted by molar-refractivity contribution is 7.22. The van der Waals surface area contributed by atoms with Crippen LogP contribution in [0.1, 0.15) is 15.9 Å². The van der Waals surface area contributed by atoms with Crippen LogP contribution in [0.2, 0.25) is 5.02 Å². The number of hydrogen-bond donors (Lipinski definition) is 0. The van der Waals surface area contributed by atoms with Crippen molar-refractivity contribution in [3.05, 3.63) is 58.9 Å². The molecule has 1 saturated heterocycles. The van der Waals surface area contributed by atoms with Gasteiger partial charge in [-0.25, -0.2) is 4.98 Å². The lowest BCUT2D eigenvalue weighted by atomic mass is 10.1. The van der Waals surface area contributed by atoms with Crippen LogP contribution in [0.25, 0.3) is 21.3 Å². The number of nitrogens with zero attached hydrogens (tertiary/aromatic N) is 5. The normalized spacial score (nSPS) is 14.7. The lowest BCUT2D eigenvalue weighted by Gasteiger charge is -2.34. The van der Waals surface area contributed by atoms with Gasteiger partial charge in [0, 0.05) is 49.2 Å². The van der Waals surface area contributed by atoms with E-state index < -0.39 is 0 Å². The smallest absolute Gasteiger partial charge is 0.254 e. The Morgan fingerprint density at radius 2 is 1.79 bits per heavy atom. The van der Waals surface area contributed by atoms with Crippen LogP contribution in [0.5, 0.6) is 0 Å². The van der Waals surface area contributed by atoms with Gasteiger partial charge < -0.3 is 9.80 Å². The molecule has 2 aromatic heterocycles. The molecule has 6 nitrogen and oxygen atoms in total. The summed E-state index contributed by atoms with van der Waals surface area (Å²) in [5.74, 6) is 0.0316. The van der Waals surface area contributed by atoms with Crippen LogP contribution in [0.15, 0.2) is 42.7 Å². The van der Waals surface area contributed by atoms with Crippen molar-refractivity contribution in [1.82, 2.24) is 19.9 Å². The van der Waals surface area contributed by atoms with Gasteiger partial charge in [0.2, 0.25) is 0 Å². The van der Waals surface area contributed by atoms with E-state index in [2.05, 4.69) is 14.9 Å². The van der Waals surface area contributed by atoms with Crippen molar-refractivity contribution < 1.29 is 4.79 Å². The molecule has 0 aliphatic carbocycles. The molecule has 0 atom stereocenters. The van der Waals surface area contributed by atoms with Gasteiger partial charge in [-0.1, -0.05) is 22.9 Å². The number of thiazole rings is 1. The maximum Gasteiger partial charge on any atom is 0.254 e. The largest absolute Gasteiger partial charge is 0.345 e. The number of aromatic nitrogens is 3. The lowest BCUT2D eigenvalue weighted by molar-refractivity contribution is 0.0747. The number of fused-ring (bicyclic) bond motifs is 2. The predicted molar refractivity (Wildman–Crippen MR) is 117 cm³/mol. The van der Waals surface area contributed by atoms with Crippen LogP contribution in [0.4, 0.5) is 5.13 Å². The molecular formula is C21H18ClN5OS. The first kappa shape index (κ1) is 18.3. The molecule has 2 aromatic carbocycles. The molecule has 8 heteroatoms. The van der Waals surface area contributed by atoms with E-state index in [4.69, 9.17) is 16.6 Å². The number of rotatable bonds is 2. The van der Waals surface area contributed by atoms with E-state index in [0.29, 0.717) is 18.7 Å². The molecule has 1 aliphatic rings. The standard InChI is InChI=1S/C21H18ClN5OS/c1-13-15(22)3-5-18-19(13)25-21(29-18)27-10-8-26(9-11-27)20(28)14-2-4-16-17(12-14)24-7-6-23-16/h2-7,12H,8-11H2,1H3. The molecule has 146 valence electrons. The Morgan fingerprint density at radius 3 is 2.59 bits per heavy atom. The first-order valence-electron chi connectivity index (χ1n) is 9.41. The number of aryl methyl sites for hydroxylation is 1. The fourth-order valence-electron chi connectivity index (χ4n) is 3.60. The third-order valence-electron chi connectivity index (χ3n) is 5.29. The maximum atomic E-state index is 12.9. The third-order valence-corrected chi connectivity index (χ3v) is 6.78. The number of carbonyl (C=O) groups is 1. The van der Waals surface area contributed by atoms with Gasteiger partial charge in [0.1, 0.15) is 0 Å². The summed E-state index contributed by atoms with van der Waals surface area (Å²) in [6, 6.07) is 9.43. The average molecular weight is 424 g/mol. The number of benzene rings is 2. The molecular weight excluding hydrogens is 406 g/mol. The minimum atomic E-state index is 0.0316. The molecule has 4 aromatic rings. The Kier molecular flexibility index (Phi) is 4.56. The number of carbonyl (C=O) groups excluding carboxylic acids is 1. The summed E-state index contributed by atoms with van der Waals surface area (Å²) in [5, 5.41) is 1.73. The molecule has 3 heterocycles. The summed E-state index contributed by atoms with van der Waals surface area (Å²) in [7, 11) is 0. The van der Waals surface area contributed by atoms with E-state index in [9.17, 15) is 4.79 Å². The maximum absolute atomic E-state index is 12.9. The zero-order valence-electron chi connectivity index (χ0n) is 15.8. The molecule has 0 spiro atoms. The SMILES string of the molecule is Cc1c(Cl)ccc2sc(N3CCN(C(=O)c4ccc5nccnc5c4)CC3)nc12. The first-order valence-corrected chi connectivity index (χ1v) is 10.6. The monoisotopic (exact) mass is 423 g/mol. The lowest BCUT2D eigenvalue weighted by Crippen LogP contribution is -2.48. The fraction of sp³-hybridized carbons (Fsp3) is 0.238. The number of amides is 1. The Balaban J connectivity index is 1.32. The van der Waals surface area contributed by atoms with Gasteiger partial charge in [-0.15, -0.1) is 0 Å². The molecule has 1 amide bonds. The van der Waals surface area contributed by atoms with Gasteiger partial charge in [0.05, 0.1) is 21.3 Å². The number of anilines is 1. The Labute approximate surface area is 176 Å². The van der Waals surface area contributed by atoms with E-state index in [1.165, 1.54) is 0 Å². The third kappa shape index (κ3) is 3.30. The zero-order valence-corrected chi connectivity index (χ0v) is 17.4. The molecule has 29 heavy (non-hydrogen) atoms. The molecule has 0 saturated carbocycles. The van der Waals surface area contributed by atoms with Gasteiger partial charge in [-0.3, -0.25) is 14.8 Å². The van der Waals surface area contributed by atoms with Gasteiger partial charge in [-0.05, 0) is 42.8 Å². The van der Waals surface area contributed by atoms with Crippen LogP contribution in [-0.4, -0.2) is 51.9 Å². The van der Waals surface area contributed by atoms with E-state index in [1.54, 1.807) is 23.7 Å². The van der Waals surface area contributed by atoms with Gasteiger partial charge in [-0.2, -0.15) is 0 Å². The zero-order chi connectivity index (χ0) is 20.0. The van der Waals surface area contributed by atoms with E-state index >= 15 is 0 Å². The van der Waals surface area contributed by atoms with Crippen molar-refractivity contribution in [2.75, 3.05) is 31.1 Å². The molecule has 0 unspecified atom stereocenters. The molecule has 1 fully saturated rings. The van der Waals surface area contributed by atoms with Crippen molar-refractivity contribution in [2.24, 2.45) is 0 Å². The second-order valence-electron chi connectivity index (χ2n) is 7.05. The molecule has 5 rings (SSSR count). The predicted octanol–water partition coefficient (Wildman–Crippen LogP) is 4.16. The van der Waals surface area contributed by atoms with E-state index in [-0.39, 0.29) is 5.91 Å². The molecule has 0 radical (unpaired) electrons. The molecule has 1 aliphatic heterocycles. The summed E-state index contributed by atoms with van der Waals surface area (Å²) in [5.41, 5.74) is 4.16. The van der Waals surface area contributed by atoms with E-state index in [1.807, 2.05) is 42.2 Å². The number of hydrogen-bond acceptors (Lipinski definition) is 6. The number of halogens is 1. The summed E-state index contributed by atoms with van der Waals surface area (Å²) >= 11 is 7.90. The number of piperazine rings is 1. The van der Waals surface area contributed by atoms with Crippen molar-refractivity contribution in [2.45, 2.75) is 6.92 Å². The summed E-state index contributed by atoms with van der Waals surface area (Å²) in [4.78, 5) is 30.4. The summed E-state index contributed by atoms with van der Waals surface area (Å²) in [6.07, 6.45) is 3.29. The van der Waals surface area contributed by atoms with Crippen LogP contribution >= 0.6 is 22.9 Å². The van der Waals surface area contributed by atoms with Crippen molar-refractivity contribution in [3.63, 3.8) is 0 Å². The Bertz CT molecular complexity index is 1230. The molecule has 0 bridgehead atoms. The first-order chi connectivity index (χ1) is 14.1. The fourth-order valence-corrected chi connectivity index (χ4v) is 4.83. The Morgan fingerprint density at radius 1 is 1.03 bits per heavy atom. The minimum Gasteiger partial charge on any atom is -0.345 e. The van der Waals surface area contributed by atoms with Crippen LogP contribution in [0, 0.1) is 6.92 Å². The van der Waals surface area contributed by atoms with Crippen molar-refractivity contribution in [3.8, 4) is 0 Å². The summed E-state index contributed by atoms with van der Waals surface area (Å²) < 4.78 is 1.14. The second-order valence-corrected chi connectivity index (χ2v) is 8.47. The van der Waals surface area contributed by atoms with E-state index in [0.717, 1.165) is 50.1 Å². The quantitative estimate of drug-likeness (QED) is 0.484. The highest BCUT2D eigenvalue weighted by Gasteiger charge is 2.24. The summed E-state index contributed by atoms with van der Waals surface area (Å²) in [6.45, 7) is 4.83. The van der Waals surface area contributed by atoms with Gasteiger partial charge >= 0.3 is 0 Å². The average Bonchev–Trinajstić information content (AvgIpc) is 3.21. The highest BCUT2D eigenvalue weighted by Crippen LogP contribution is 2.33. The van der Waals surface area contributed by atoms with Crippen LogP contribution in [-0.2, 0) is 0 Å². The van der Waals surface area contributed by atoms with Crippen LogP contribution < -0.4 is 4.90 Å². The highest BCUT2D eigenvalue weighted by atomic mass is 35.5. The minimum absolute atomic E-state index is 0.0316. The Hall–Kier alpha value is -2.77. The van der Waals surface area contributed by atoms with Crippen LogP contribution in [0.3, 0.4) is 0 Å². The van der Waals surface area contributed by atoms with Crippen molar-refractivity contribution in [1.29, 1.82) is 0 Å². The van der Waals surface area contributed by atoms with Gasteiger partial charge in [0.25, 0.3) is 5.91 Å². The molecule has 0 N–H and O–H groups in total.